The molecule has 124 valence electrons. The number of aromatic nitrogens is 4. The highest BCUT2D eigenvalue weighted by Gasteiger charge is 2.12. The Hall–Kier alpha value is -2.92. The molecule has 0 saturated carbocycles. The molecule has 0 radical (unpaired) electrons. The summed E-state index contributed by atoms with van der Waals surface area (Å²) in [6, 6.07) is 17.0. The summed E-state index contributed by atoms with van der Waals surface area (Å²) in [5.41, 5.74) is 4.22. The van der Waals surface area contributed by atoms with E-state index in [4.69, 9.17) is 11.6 Å². The van der Waals surface area contributed by atoms with Crippen molar-refractivity contribution in [2.24, 2.45) is 0 Å². The zero-order valence-corrected chi connectivity index (χ0v) is 14.3. The van der Waals surface area contributed by atoms with Gasteiger partial charge in [-0.3, -0.25) is 4.79 Å². The molecule has 0 N–H and O–H groups in total. The van der Waals surface area contributed by atoms with Crippen LogP contribution in [-0.4, -0.2) is 19.2 Å². The van der Waals surface area contributed by atoms with Crippen LogP contribution in [0.2, 0.25) is 5.15 Å². The van der Waals surface area contributed by atoms with Gasteiger partial charge in [0.1, 0.15) is 10.8 Å². The lowest BCUT2D eigenvalue weighted by Crippen LogP contribution is -2.20. The summed E-state index contributed by atoms with van der Waals surface area (Å²) < 4.78 is 3.49. The van der Waals surface area contributed by atoms with Gasteiger partial charge in [-0.05, 0) is 18.6 Å². The van der Waals surface area contributed by atoms with Crippen LogP contribution in [0.15, 0.2) is 65.6 Å². The average molecular weight is 351 g/mol. The number of aryl methyl sites for hydroxylation is 1. The van der Waals surface area contributed by atoms with Crippen molar-refractivity contribution >= 4 is 17.2 Å². The topological polar surface area (TPSA) is 52.2 Å². The zero-order valence-electron chi connectivity index (χ0n) is 13.6. The van der Waals surface area contributed by atoms with Gasteiger partial charge < -0.3 is 4.57 Å². The van der Waals surface area contributed by atoms with Gasteiger partial charge in [-0.1, -0.05) is 48.0 Å². The Labute approximate surface area is 149 Å². The van der Waals surface area contributed by atoms with Gasteiger partial charge in [0.2, 0.25) is 0 Å². The molecule has 1 aromatic carbocycles. The number of hydrogen-bond acceptors (Lipinski definition) is 3. The van der Waals surface area contributed by atoms with Crippen LogP contribution in [0.25, 0.3) is 16.9 Å². The lowest BCUT2D eigenvalue weighted by molar-refractivity contribution is 0.736. The van der Waals surface area contributed by atoms with E-state index in [-0.39, 0.29) is 5.56 Å². The van der Waals surface area contributed by atoms with E-state index in [2.05, 4.69) is 10.1 Å². The summed E-state index contributed by atoms with van der Waals surface area (Å²) in [5.74, 6) is 0. The minimum atomic E-state index is -0.139. The van der Waals surface area contributed by atoms with Crippen LogP contribution >= 0.6 is 11.6 Å². The molecule has 25 heavy (non-hydrogen) atoms. The highest BCUT2D eigenvalue weighted by molar-refractivity contribution is 6.29. The van der Waals surface area contributed by atoms with E-state index in [9.17, 15) is 4.79 Å². The monoisotopic (exact) mass is 350 g/mol. The van der Waals surface area contributed by atoms with Crippen molar-refractivity contribution in [1.82, 2.24) is 19.2 Å². The molecule has 0 aliphatic heterocycles. The molecule has 0 saturated heterocycles. The van der Waals surface area contributed by atoms with Crippen molar-refractivity contribution in [2.75, 3.05) is 0 Å². The van der Waals surface area contributed by atoms with Crippen molar-refractivity contribution in [3.63, 3.8) is 0 Å². The van der Waals surface area contributed by atoms with Crippen LogP contribution in [-0.2, 0) is 6.54 Å². The Kier molecular flexibility index (Phi) is 3.86. The SMILES string of the molecule is Cc1cc(=O)n2nc(-c3ccccc3)cc2n1Cc1ccc(Cl)nc1. The van der Waals surface area contributed by atoms with E-state index in [1.807, 2.05) is 54.0 Å². The third kappa shape index (κ3) is 2.94. The van der Waals surface area contributed by atoms with Crippen molar-refractivity contribution < 1.29 is 0 Å². The number of pyridine rings is 1. The van der Waals surface area contributed by atoms with Gasteiger partial charge in [-0.15, -0.1) is 0 Å². The second kappa shape index (κ2) is 6.18. The van der Waals surface area contributed by atoms with Gasteiger partial charge in [0.05, 0.1) is 12.2 Å². The molecule has 0 amide bonds. The van der Waals surface area contributed by atoms with Crippen molar-refractivity contribution in [3.05, 3.63) is 87.6 Å². The molecule has 5 nitrogen and oxygen atoms in total. The third-order valence-corrected chi connectivity index (χ3v) is 4.36. The smallest absolute Gasteiger partial charge is 0.274 e. The van der Waals surface area contributed by atoms with Crippen LogP contribution in [0.5, 0.6) is 0 Å². The molecular weight excluding hydrogens is 336 g/mol. The van der Waals surface area contributed by atoms with E-state index < -0.39 is 0 Å². The minimum absolute atomic E-state index is 0.139. The maximum atomic E-state index is 12.4. The summed E-state index contributed by atoms with van der Waals surface area (Å²) in [4.78, 5) is 16.5. The van der Waals surface area contributed by atoms with Gasteiger partial charge >= 0.3 is 0 Å². The first kappa shape index (κ1) is 15.6. The van der Waals surface area contributed by atoms with E-state index in [0.717, 1.165) is 28.2 Å². The number of rotatable bonds is 3. The number of halogens is 1. The van der Waals surface area contributed by atoms with Crippen LogP contribution in [0, 0.1) is 6.92 Å². The fraction of sp³-hybridized carbons (Fsp3) is 0.105. The van der Waals surface area contributed by atoms with E-state index in [0.29, 0.717) is 11.7 Å². The van der Waals surface area contributed by atoms with Gasteiger partial charge in [-0.2, -0.15) is 9.61 Å². The van der Waals surface area contributed by atoms with Crippen LogP contribution in [0.1, 0.15) is 11.3 Å². The first-order valence-corrected chi connectivity index (χ1v) is 8.26. The normalized spacial score (nSPS) is 11.1. The maximum Gasteiger partial charge on any atom is 0.274 e. The number of fused-ring (bicyclic) bond motifs is 1. The number of hydrogen-bond donors (Lipinski definition) is 0. The van der Waals surface area contributed by atoms with Crippen molar-refractivity contribution in [2.45, 2.75) is 13.5 Å². The first-order chi connectivity index (χ1) is 12.1. The first-order valence-electron chi connectivity index (χ1n) is 7.88. The molecule has 3 heterocycles. The summed E-state index contributed by atoms with van der Waals surface area (Å²) >= 11 is 5.86. The highest BCUT2D eigenvalue weighted by atomic mass is 35.5. The van der Waals surface area contributed by atoms with Gasteiger partial charge in [0.25, 0.3) is 5.56 Å². The molecule has 0 bridgehead atoms. The molecule has 3 aromatic heterocycles. The van der Waals surface area contributed by atoms with E-state index in [1.54, 1.807) is 18.3 Å². The van der Waals surface area contributed by atoms with Gasteiger partial charge in [0, 0.05) is 29.6 Å². The Morgan fingerprint density at radius 3 is 2.60 bits per heavy atom. The van der Waals surface area contributed by atoms with Crippen molar-refractivity contribution in [3.8, 4) is 11.3 Å². The number of benzene rings is 1. The third-order valence-electron chi connectivity index (χ3n) is 4.13. The quantitative estimate of drug-likeness (QED) is 0.531. The Balaban J connectivity index is 1.87. The largest absolute Gasteiger partial charge is 0.326 e. The van der Waals surface area contributed by atoms with E-state index >= 15 is 0 Å². The second-order valence-corrected chi connectivity index (χ2v) is 6.25. The van der Waals surface area contributed by atoms with Gasteiger partial charge in [-0.25, -0.2) is 4.98 Å². The van der Waals surface area contributed by atoms with Gasteiger partial charge in [0.15, 0.2) is 0 Å². The molecule has 0 atom stereocenters. The molecule has 4 aromatic rings. The average Bonchev–Trinajstić information content (AvgIpc) is 3.07. The van der Waals surface area contributed by atoms with Crippen LogP contribution in [0.3, 0.4) is 0 Å². The molecule has 0 fully saturated rings. The molecule has 6 heteroatoms. The molecule has 4 rings (SSSR count). The lowest BCUT2D eigenvalue weighted by Gasteiger charge is -2.12. The Morgan fingerprint density at radius 2 is 1.88 bits per heavy atom. The molecule has 0 aliphatic carbocycles. The van der Waals surface area contributed by atoms with Crippen molar-refractivity contribution in [1.29, 1.82) is 0 Å². The summed E-state index contributed by atoms with van der Waals surface area (Å²) in [6.45, 7) is 2.50. The molecular formula is C19H15ClN4O. The maximum absolute atomic E-state index is 12.4. The summed E-state index contributed by atoms with van der Waals surface area (Å²) in [5, 5.41) is 4.95. The lowest BCUT2D eigenvalue weighted by atomic mass is 10.1. The molecule has 0 aliphatic rings. The molecule has 0 unspecified atom stereocenters. The second-order valence-electron chi connectivity index (χ2n) is 5.86. The van der Waals surface area contributed by atoms with Crippen LogP contribution in [0.4, 0.5) is 0 Å². The summed E-state index contributed by atoms with van der Waals surface area (Å²) in [6.07, 6.45) is 1.74. The predicted molar refractivity (Wildman–Crippen MR) is 98.0 cm³/mol. The Bertz CT molecular complexity index is 1100. The fourth-order valence-electron chi connectivity index (χ4n) is 2.86. The minimum Gasteiger partial charge on any atom is -0.326 e. The standard InChI is InChI=1S/C19H15ClN4O/c1-13-9-19(25)24-18(10-16(22-24)15-5-3-2-4-6-15)23(13)12-14-7-8-17(20)21-11-14/h2-11H,12H2,1H3. The highest BCUT2D eigenvalue weighted by Crippen LogP contribution is 2.20. The zero-order chi connectivity index (χ0) is 17.4. The van der Waals surface area contributed by atoms with Crippen LogP contribution < -0.4 is 5.56 Å². The fourth-order valence-corrected chi connectivity index (χ4v) is 2.97. The summed E-state index contributed by atoms with van der Waals surface area (Å²) in [7, 11) is 0. The van der Waals surface area contributed by atoms with E-state index in [1.165, 1.54) is 4.52 Å². The Morgan fingerprint density at radius 1 is 1.08 bits per heavy atom. The number of nitrogens with zero attached hydrogens (tertiary/aromatic N) is 4. The molecule has 0 spiro atoms. The predicted octanol–water partition coefficient (Wildman–Crippen LogP) is 3.57.